The molecule has 0 unspecified atom stereocenters. The first-order chi connectivity index (χ1) is 11.8. The predicted molar refractivity (Wildman–Crippen MR) is 81.8 cm³/mol. The van der Waals surface area contributed by atoms with Crippen molar-refractivity contribution in [3.8, 4) is 5.75 Å². The van der Waals surface area contributed by atoms with Crippen LogP contribution in [0.4, 0.5) is 5.69 Å². The van der Waals surface area contributed by atoms with Crippen molar-refractivity contribution >= 4 is 11.7 Å². The van der Waals surface area contributed by atoms with E-state index in [1.807, 2.05) is 0 Å². The number of hydrogen-bond donors (Lipinski definition) is 2. The average molecular weight is 357 g/mol. The van der Waals surface area contributed by atoms with Gasteiger partial charge in [0.2, 0.25) is 6.29 Å². The molecule has 2 N–H and O–H groups in total. The molecule has 5 atom stereocenters. The molecule has 0 saturated carbocycles. The molecule has 0 radical (unpaired) electrons. The van der Waals surface area contributed by atoms with Crippen LogP contribution in [-0.4, -0.2) is 65.5 Å². The molecule has 1 aromatic rings. The Balaban J connectivity index is 2.06. The van der Waals surface area contributed by atoms with Crippen LogP contribution in [0.1, 0.15) is 6.92 Å². The number of esters is 1. The summed E-state index contributed by atoms with van der Waals surface area (Å²) in [6.07, 6.45) is -5.65. The van der Waals surface area contributed by atoms with Gasteiger partial charge in [0.15, 0.2) is 0 Å². The third kappa shape index (κ3) is 4.63. The maximum atomic E-state index is 11.2. The Morgan fingerprint density at radius 1 is 1.28 bits per heavy atom. The largest absolute Gasteiger partial charge is 0.467 e. The van der Waals surface area contributed by atoms with Crippen LogP contribution in [0, 0.1) is 10.1 Å². The first-order valence-corrected chi connectivity index (χ1v) is 7.44. The highest BCUT2D eigenvalue weighted by Crippen LogP contribution is 2.27. The van der Waals surface area contributed by atoms with Gasteiger partial charge in [0.1, 0.15) is 30.7 Å². The fourth-order valence-electron chi connectivity index (χ4n) is 2.29. The highest BCUT2D eigenvalue weighted by molar-refractivity contribution is 5.70. The summed E-state index contributed by atoms with van der Waals surface area (Å²) in [5.74, 6) is -0.434. The molecule has 1 aromatic carbocycles. The van der Waals surface area contributed by atoms with E-state index in [4.69, 9.17) is 14.2 Å². The fourth-order valence-corrected chi connectivity index (χ4v) is 2.29. The van der Waals surface area contributed by atoms with E-state index in [9.17, 15) is 25.1 Å². The van der Waals surface area contributed by atoms with E-state index in [2.05, 4.69) is 4.74 Å². The number of nitrogens with zero attached hydrogens (tertiary/aromatic N) is 1. The third-order valence-corrected chi connectivity index (χ3v) is 3.70. The molecule has 2 rings (SSSR count). The second-order valence-electron chi connectivity index (χ2n) is 5.41. The van der Waals surface area contributed by atoms with Gasteiger partial charge < -0.3 is 29.2 Å². The van der Waals surface area contributed by atoms with Crippen LogP contribution in [0.2, 0.25) is 0 Å². The number of carbonyl (C=O) groups is 1. The number of ether oxygens (including phenoxy) is 4. The second-order valence-corrected chi connectivity index (χ2v) is 5.41. The third-order valence-electron chi connectivity index (χ3n) is 3.70. The van der Waals surface area contributed by atoms with Gasteiger partial charge in [0.05, 0.1) is 18.1 Å². The highest BCUT2D eigenvalue weighted by atomic mass is 16.7. The summed E-state index contributed by atoms with van der Waals surface area (Å²) in [6.45, 7) is 1.10. The fraction of sp³-hybridized carbons (Fsp3) is 0.533. The summed E-state index contributed by atoms with van der Waals surface area (Å²) in [7, 11) is 1.19. The zero-order chi connectivity index (χ0) is 18.6. The predicted octanol–water partition coefficient (Wildman–Crippen LogP) is -0.00160. The summed E-state index contributed by atoms with van der Waals surface area (Å²) in [6, 6.07) is 5.20. The molecule has 0 bridgehead atoms. The Labute approximate surface area is 143 Å². The SMILES string of the molecule is COC(=O)CO[C@@H]1[C@@H](O)[C@H](C)O[C@@H](Oc2ccc([N+](=O)[O-])cc2)[C@@H]1O. The first kappa shape index (κ1) is 19.1. The lowest BCUT2D eigenvalue weighted by molar-refractivity contribution is -0.384. The topological polar surface area (TPSA) is 138 Å². The van der Waals surface area contributed by atoms with Gasteiger partial charge in [-0.05, 0) is 19.1 Å². The normalized spacial score (nSPS) is 29.0. The van der Waals surface area contributed by atoms with E-state index in [-0.39, 0.29) is 11.4 Å². The number of carbonyl (C=O) groups excluding carboxylic acids is 1. The molecule has 1 heterocycles. The highest BCUT2D eigenvalue weighted by Gasteiger charge is 2.45. The maximum absolute atomic E-state index is 11.2. The van der Waals surface area contributed by atoms with Gasteiger partial charge in [0, 0.05) is 12.1 Å². The molecule has 1 saturated heterocycles. The molecule has 25 heavy (non-hydrogen) atoms. The van der Waals surface area contributed by atoms with Gasteiger partial charge in [-0.25, -0.2) is 4.79 Å². The number of aliphatic hydroxyl groups is 2. The van der Waals surface area contributed by atoms with E-state index in [1.54, 1.807) is 6.92 Å². The molecule has 0 spiro atoms. The Kier molecular flexibility index (Phi) is 6.26. The van der Waals surface area contributed by atoms with Crippen molar-refractivity contribution in [2.75, 3.05) is 13.7 Å². The Morgan fingerprint density at radius 3 is 2.48 bits per heavy atom. The number of non-ortho nitro benzene ring substituents is 1. The lowest BCUT2D eigenvalue weighted by Gasteiger charge is -2.40. The molecule has 138 valence electrons. The van der Waals surface area contributed by atoms with Crippen LogP contribution in [0.25, 0.3) is 0 Å². The summed E-state index contributed by atoms with van der Waals surface area (Å²) in [5, 5.41) is 31.0. The minimum Gasteiger partial charge on any atom is -0.467 e. The van der Waals surface area contributed by atoms with Gasteiger partial charge in [0.25, 0.3) is 5.69 Å². The minimum atomic E-state index is -1.40. The molecular weight excluding hydrogens is 338 g/mol. The molecular formula is C15H19NO9. The van der Waals surface area contributed by atoms with Crippen LogP contribution < -0.4 is 4.74 Å². The molecule has 10 heteroatoms. The van der Waals surface area contributed by atoms with E-state index in [0.29, 0.717) is 0 Å². The number of rotatable bonds is 6. The molecule has 0 aromatic heterocycles. The van der Waals surface area contributed by atoms with Gasteiger partial charge in [-0.1, -0.05) is 0 Å². The lowest BCUT2D eigenvalue weighted by Crippen LogP contribution is -2.59. The molecule has 10 nitrogen and oxygen atoms in total. The van der Waals surface area contributed by atoms with Gasteiger partial charge in [-0.2, -0.15) is 0 Å². The van der Waals surface area contributed by atoms with Gasteiger partial charge in [-0.15, -0.1) is 0 Å². The van der Waals surface area contributed by atoms with Crippen LogP contribution in [0.5, 0.6) is 5.75 Å². The summed E-state index contributed by atoms with van der Waals surface area (Å²) in [5.41, 5.74) is -0.111. The molecule has 1 aliphatic heterocycles. The molecule has 0 amide bonds. The van der Waals surface area contributed by atoms with Crippen LogP contribution in [0.3, 0.4) is 0 Å². The average Bonchev–Trinajstić information content (AvgIpc) is 2.59. The number of hydrogen-bond acceptors (Lipinski definition) is 9. The number of nitro benzene ring substituents is 1. The van der Waals surface area contributed by atoms with Crippen molar-refractivity contribution in [1.82, 2.24) is 0 Å². The van der Waals surface area contributed by atoms with Crippen molar-refractivity contribution in [3.05, 3.63) is 34.4 Å². The van der Waals surface area contributed by atoms with E-state index < -0.39 is 48.2 Å². The molecule has 1 fully saturated rings. The Morgan fingerprint density at radius 2 is 1.92 bits per heavy atom. The van der Waals surface area contributed by atoms with Crippen molar-refractivity contribution in [2.45, 2.75) is 37.6 Å². The zero-order valence-electron chi connectivity index (χ0n) is 13.6. The summed E-state index contributed by atoms with van der Waals surface area (Å²) >= 11 is 0. The van der Waals surface area contributed by atoms with Crippen molar-refractivity contribution in [2.24, 2.45) is 0 Å². The van der Waals surface area contributed by atoms with E-state index in [0.717, 1.165) is 0 Å². The van der Waals surface area contributed by atoms with Crippen LogP contribution in [0.15, 0.2) is 24.3 Å². The van der Waals surface area contributed by atoms with E-state index >= 15 is 0 Å². The standard InChI is InChI=1S/C15H19NO9/c1-8-12(18)14(23-7-11(17)22-2)13(19)15(24-8)25-10-5-3-9(4-6-10)16(20)21/h3-6,8,12-15,18-19H,7H2,1-2H3/t8-,12-,13+,14+,15-/m0/s1. The van der Waals surface area contributed by atoms with Gasteiger partial charge >= 0.3 is 5.97 Å². The number of nitro groups is 1. The number of aliphatic hydroxyl groups excluding tert-OH is 2. The Hall–Kier alpha value is -2.27. The molecule has 1 aliphatic rings. The molecule has 0 aliphatic carbocycles. The minimum absolute atomic E-state index is 0.111. The van der Waals surface area contributed by atoms with Crippen LogP contribution in [-0.2, 0) is 19.0 Å². The maximum Gasteiger partial charge on any atom is 0.331 e. The van der Waals surface area contributed by atoms with Crippen molar-refractivity contribution < 1.29 is 38.9 Å². The lowest BCUT2D eigenvalue weighted by atomic mass is 9.99. The van der Waals surface area contributed by atoms with Gasteiger partial charge in [-0.3, -0.25) is 10.1 Å². The monoisotopic (exact) mass is 357 g/mol. The second kappa shape index (κ2) is 8.21. The summed E-state index contributed by atoms with van der Waals surface area (Å²) in [4.78, 5) is 21.3. The van der Waals surface area contributed by atoms with Crippen molar-refractivity contribution in [1.29, 1.82) is 0 Å². The quantitative estimate of drug-likeness (QED) is 0.409. The number of methoxy groups -OCH3 is 1. The number of benzene rings is 1. The summed E-state index contributed by atoms with van der Waals surface area (Å²) < 4.78 is 20.6. The zero-order valence-corrected chi connectivity index (χ0v) is 13.6. The van der Waals surface area contributed by atoms with Crippen molar-refractivity contribution in [3.63, 3.8) is 0 Å². The van der Waals surface area contributed by atoms with E-state index in [1.165, 1.54) is 31.4 Å². The van der Waals surface area contributed by atoms with Crippen LogP contribution >= 0.6 is 0 Å². The smallest absolute Gasteiger partial charge is 0.331 e. The first-order valence-electron chi connectivity index (χ1n) is 7.44. The Bertz CT molecular complexity index is 606.